The fraction of sp³-hybridized carbons (Fsp3) is 0.429. The van der Waals surface area contributed by atoms with E-state index in [1.807, 2.05) is 0 Å². The molecule has 0 aliphatic carbocycles. The molecule has 2 aromatic rings. The molecule has 2 heterocycles. The second kappa shape index (κ2) is 5.98. The van der Waals surface area contributed by atoms with Crippen LogP contribution in [-0.2, 0) is 13.0 Å². The molecule has 0 atom stereocenters. The zero-order chi connectivity index (χ0) is 16.4. The fourth-order valence-electron chi connectivity index (χ4n) is 2.58. The first kappa shape index (κ1) is 15.4. The molecule has 1 amide bonds. The van der Waals surface area contributed by atoms with Crippen LogP contribution >= 0.6 is 0 Å². The molecule has 0 spiro atoms. The lowest BCUT2D eigenvalue weighted by molar-refractivity contribution is -0.134. The van der Waals surface area contributed by atoms with Gasteiger partial charge in [0.2, 0.25) is 0 Å². The highest BCUT2D eigenvalue weighted by Crippen LogP contribution is 2.25. The fourth-order valence-corrected chi connectivity index (χ4v) is 2.58. The van der Waals surface area contributed by atoms with Crippen LogP contribution in [-0.4, -0.2) is 38.8 Å². The van der Waals surface area contributed by atoms with Gasteiger partial charge in [-0.3, -0.25) is 9.69 Å². The van der Waals surface area contributed by atoms with Gasteiger partial charge in [0.1, 0.15) is 0 Å². The standard InChI is InChI=1S/C14H14F3N5O/c15-14(16,17)7-6-10-4-1-2-5-11(10)12(23)21-8-3-9-22-13(21)18-19-20-22/h1-2,4-5H,3,6-9H2. The summed E-state index contributed by atoms with van der Waals surface area (Å²) in [7, 11) is 0. The Morgan fingerprint density at radius 2 is 2.00 bits per heavy atom. The lowest BCUT2D eigenvalue weighted by atomic mass is 10.0. The lowest BCUT2D eigenvalue weighted by Gasteiger charge is -2.26. The maximum Gasteiger partial charge on any atom is 0.389 e. The molecule has 0 radical (unpaired) electrons. The van der Waals surface area contributed by atoms with E-state index in [9.17, 15) is 18.0 Å². The maximum absolute atomic E-state index is 12.7. The van der Waals surface area contributed by atoms with Crippen LogP contribution < -0.4 is 4.90 Å². The summed E-state index contributed by atoms with van der Waals surface area (Å²) in [5.74, 6) is -0.0506. The van der Waals surface area contributed by atoms with Gasteiger partial charge in [-0.2, -0.15) is 13.2 Å². The number of hydrogen-bond acceptors (Lipinski definition) is 4. The Kier molecular flexibility index (Phi) is 4.01. The molecule has 0 N–H and O–H groups in total. The highest BCUT2D eigenvalue weighted by molar-refractivity contribution is 6.06. The molecule has 1 aromatic carbocycles. The quantitative estimate of drug-likeness (QED) is 0.868. The largest absolute Gasteiger partial charge is 0.389 e. The Morgan fingerprint density at radius 3 is 2.78 bits per heavy atom. The normalized spacial score (nSPS) is 14.7. The van der Waals surface area contributed by atoms with Crippen molar-refractivity contribution in [2.45, 2.75) is 32.0 Å². The number of halogens is 3. The number of carbonyl (C=O) groups is 1. The van der Waals surface area contributed by atoms with E-state index in [2.05, 4.69) is 15.5 Å². The molecular weight excluding hydrogens is 311 g/mol. The number of anilines is 1. The van der Waals surface area contributed by atoms with Crippen molar-refractivity contribution in [3.8, 4) is 0 Å². The van der Waals surface area contributed by atoms with Crippen LogP contribution in [0.4, 0.5) is 19.1 Å². The van der Waals surface area contributed by atoms with E-state index < -0.39 is 12.6 Å². The van der Waals surface area contributed by atoms with Gasteiger partial charge in [-0.15, -0.1) is 0 Å². The zero-order valence-electron chi connectivity index (χ0n) is 12.1. The van der Waals surface area contributed by atoms with Crippen molar-refractivity contribution >= 4 is 11.9 Å². The van der Waals surface area contributed by atoms with Crippen LogP contribution in [0.2, 0.25) is 0 Å². The lowest BCUT2D eigenvalue weighted by Crippen LogP contribution is -2.38. The van der Waals surface area contributed by atoms with Gasteiger partial charge in [0.05, 0.1) is 0 Å². The Morgan fingerprint density at radius 1 is 1.22 bits per heavy atom. The molecule has 1 aliphatic heterocycles. The first-order valence-corrected chi connectivity index (χ1v) is 7.18. The molecule has 0 fully saturated rings. The minimum atomic E-state index is -4.26. The smallest absolute Gasteiger partial charge is 0.275 e. The number of tetrazole rings is 1. The summed E-state index contributed by atoms with van der Waals surface area (Å²) >= 11 is 0. The summed E-state index contributed by atoms with van der Waals surface area (Å²) in [4.78, 5) is 14.2. The number of carbonyl (C=O) groups excluding carboxylic acids is 1. The number of alkyl halides is 3. The van der Waals surface area contributed by atoms with Crippen LogP contribution in [0.25, 0.3) is 0 Å². The van der Waals surface area contributed by atoms with Crippen molar-refractivity contribution in [1.82, 2.24) is 20.2 Å². The number of fused-ring (bicyclic) bond motifs is 1. The molecule has 6 nitrogen and oxygen atoms in total. The van der Waals surface area contributed by atoms with E-state index >= 15 is 0 Å². The summed E-state index contributed by atoms with van der Waals surface area (Å²) in [5.41, 5.74) is 0.632. The number of amides is 1. The highest BCUT2D eigenvalue weighted by atomic mass is 19.4. The number of aromatic nitrogens is 4. The van der Waals surface area contributed by atoms with Crippen LogP contribution in [0, 0.1) is 0 Å². The number of rotatable bonds is 3. The van der Waals surface area contributed by atoms with Gasteiger partial charge in [-0.1, -0.05) is 23.3 Å². The molecule has 0 saturated carbocycles. The molecule has 23 heavy (non-hydrogen) atoms. The molecule has 122 valence electrons. The van der Waals surface area contributed by atoms with E-state index in [0.717, 1.165) is 0 Å². The minimum absolute atomic E-state index is 0.232. The number of aryl methyl sites for hydroxylation is 2. The molecule has 0 bridgehead atoms. The summed E-state index contributed by atoms with van der Waals surface area (Å²) in [6.45, 7) is 1.05. The average Bonchev–Trinajstić information content (AvgIpc) is 3.00. The molecule has 1 aliphatic rings. The SMILES string of the molecule is O=C(c1ccccc1CCC(F)(F)F)N1CCCn2nnnc21. The van der Waals surface area contributed by atoms with Gasteiger partial charge in [0.25, 0.3) is 11.9 Å². The van der Waals surface area contributed by atoms with Gasteiger partial charge in [0.15, 0.2) is 0 Å². The van der Waals surface area contributed by atoms with Crippen molar-refractivity contribution in [2.24, 2.45) is 0 Å². The van der Waals surface area contributed by atoms with Gasteiger partial charge in [-0.05, 0) is 34.9 Å². The van der Waals surface area contributed by atoms with Crippen molar-refractivity contribution in [3.63, 3.8) is 0 Å². The van der Waals surface area contributed by atoms with Crippen LogP contribution in [0.1, 0.15) is 28.8 Å². The second-order valence-corrected chi connectivity index (χ2v) is 5.28. The summed E-state index contributed by atoms with van der Waals surface area (Å²) in [5, 5.41) is 11.2. The summed E-state index contributed by atoms with van der Waals surface area (Å²) < 4.78 is 38.9. The Labute approximate surface area is 129 Å². The van der Waals surface area contributed by atoms with Gasteiger partial charge < -0.3 is 0 Å². The zero-order valence-corrected chi connectivity index (χ0v) is 12.1. The van der Waals surface area contributed by atoms with Crippen molar-refractivity contribution in [2.75, 3.05) is 11.4 Å². The van der Waals surface area contributed by atoms with Crippen molar-refractivity contribution in [3.05, 3.63) is 35.4 Å². The van der Waals surface area contributed by atoms with E-state index in [1.165, 1.54) is 15.6 Å². The maximum atomic E-state index is 12.7. The van der Waals surface area contributed by atoms with E-state index in [-0.39, 0.29) is 17.9 Å². The average molecular weight is 325 g/mol. The summed E-state index contributed by atoms with van der Waals surface area (Å²) in [6, 6.07) is 6.35. The first-order chi connectivity index (χ1) is 11.0. The second-order valence-electron chi connectivity index (χ2n) is 5.28. The van der Waals surface area contributed by atoms with E-state index in [4.69, 9.17) is 0 Å². The topological polar surface area (TPSA) is 63.9 Å². The molecule has 9 heteroatoms. The molecule has 0 unspecified atom stereocenters. The van der Waals surface area contributed by atoms with Crippen molar-refractivity contribution in [1.29, 1.82) is 0 Å². The van der Waals surface area contributed by atoms with Crippen LogP contribution in [0.15, 0.2) is 24.3 Å². The molecular formula is C14H14F3N5O. The van der Waals surface area contributed by atoms with Crippen molar-refractivity contribution < 1.29 is 18.0 Å². The van der Waals surface area contributed by atoms with Gasteiger partial charge >= 0.3 is 6.18 Å². The van der Waals surface area contributed by atoms with Gasteiger partial charge in [0, 0.05) is 25.1 Å². The molecule has 3 rings (SSSR count). The van der Waals surface area contributed by atoms with E-state index in [1.54, 1.807) is 18.2 Å². The van der Waals surface area contributed by atoms with Gasteiger partial charge in [-0.25, -0.2) is 4.68 Å². The molecule has 1 aromatic heterocycles. The Hall–Kier alpha value is -2.45. The predicted octanol–water partition coefficient (Wildman–Crippen LogP) is 2.22. The first-order valence-electron chi connectivity index (χ1n) is 7.18. The number of nitrogens with zero attached hydrogens (tertiary/aromatic N) is 5. The molecule has 0 saturated heterocycles. The third-order valence-corrected chi connectivity index (χ3v) is 3.68. The summed E-state index contributed by atoms with van der Waals surface area (Å²) in [6.07, 6.45) is -4.76. The highest BCUT2D eigenvalue weighted by Gasteiger charge is 2.30. The van der Waals surface area contributed by atoms with Crippen LogP contribution in [0.3, 0.4) is 0 Å². The van der Waals surface area contributed by atoms with E-state index in [0.29, 0.717) is 31.0 Å². The third kappa shape index (κ3) is 3.33. The number of hydrogen-bond donors (Lipinski definition) is 0. The third-order valence-electron chi connectivity index (χ3n) is 3.68. The predicted molar refractivity (Wildman–Crippen MR) is 74.9 cm³/mol. The minimum Gasteiger partial charge on any atom is -0.275 e. The number of benzene rings is 1. The Bertz CT molecular complexity index is 712. The Balaban J connectivity index is 1.86. The van der Waals surface area contributed by atoms with Crippen LogP contribution in [0.5, 0.6) is 0 Å². The monoisotopic (exact) mass is 325 g/mol.